The molecule has 17 heavy (non-hydrogen) atoms. The first-order chi connectivity index (χ1) is 8.08. The van der Waals surface area contributed by atoms with Crippen LogP contribution in [0.5, 0.6) is 0 Å². The standard InChI is InChI=1S/C16H28O/c1-15(11-7-3-4-8-12-15)16(2)13-9-5-6-10-14(16)17/h3-13H2,1-2H3. The molecule has 0 aliphatic heterocycles. The highest BCUT2D eigenvalue weighted by molar-refractivity contribution is 5.85. The van der Waals surface area contributed by atoms with Gasteiger partial charge in [-0.25, -0.2) is 0 Å². The lowest BCUT2D eigenvalue weighted by atomic mass is 9.58. The van der Waals surface area contributed by atoms with E-state index in [9.17, 15) is 4.79 Å². The van der Waals surface area contributed by atoms with E-state index in [1.165, 1.54) is 51.4 Å². The molecule has 1 unspecified atom stereocenters. The number of rotatable bonds is 1. The fourth-order valence-corrected chi connectivity index (χ4v) is 4.06. The van der Waals surface area contributed by atoms with E-state index in [0.29, 0.717) is 5.78 Å². The van der Waals surface area contributed by atoms with Crippen molar-refractivity contribution in [3.8, 4) is 0 Å². The predicted molar refractivity (Wildman–Crippen MR) is 72.0 cm³/mol. The third-order valence-corrected chi connectivity index (χ3v) is 5.74. The molecule has 0 spiro atoms. The molecule has 2 rings (SSSR count). The van der Waals surface area contributed by atoms with Crippen LogP contribution in [0.1, 0.15) is 84.5 Å². The smallest absolute Gasteiger partial charge is 0.139 e. The summed E-state index contributed by atoms with van der Waals surface area (Å²) in [5, 5.41) is 0. The van der Waals surface area contributed by atoms with Crippen LogP contribution in [-0.4, -0.2) is 5.78 Å². The van der Waals surface area contributed by atoms with Crippen molar-refractivity contribution in [2.45, 2.75) is 84.5 Å². The molecule has 0 saturated heterocycles. The van der Waals surface area contributed by atoms with Gasteiger partial charge < -0.3 is 0 Å². The predicted octanol–water partition coefficient (Wildman–Crippen LogP) is 4.89. The molecule has 2 aliphatic rings. The van der Waals surface area contributed by atoms with Crippen LogP contribution in [0.2, 0.25) is 0 Å². The minimum Gasteiger partial charge on any atom is -0.299 e. The molecular weight excluding hydrogens is 208 g/mol. The fraction of sp³-hybridized carbons (Fsp3) is 0.938. The van der Waals surface area contributed by atoms with Gasteiger partial charge in [-0.05, 0) is 31.1 Å². The summed E-state index contributed by atoms with van der Waals surface area (Å²) < 4.78 is 0. The summed E-state index contributed by atoms with van der Waals surface area (Å²) >= 11 is 0. The van der Waals surface area contributed by atoms with E-state index in [0.717, 1.165) is 19.3 Å². The van der Waals surface area contributed by atoms with Gasteiger partial charge >= 0.3 is 0 Å². The summed E-state index contributed by atoms with van der Waals surface area (Å²) in [5.74, 6) is 0.569. The molecule has 1 heteroatoms. The van der Waals surface area contributed by atoms with Crippen LogP contribution in [0.4, 0.5) is 0 Å². The second-order valence-corrected chi connectivity index (χ2v) is 6.79. The van der Waals surface area contributed by atoms with E-state index in [-0.39, 0.29) is 10.8 Å². The minimum absolute atomic E-state index is 0.0200. The highest BCUT2D eigenvalue weighted by Gasteiger charge is 2.48. The van der Waals surface area contributed by atoms with Gasteiger partial charge in [-0.3, -0.25) is 4.79 Å². The second kappa shape index (κ2) is 5.12. The molecule has 0 amide bonds. The Morgan fingerprint density at radius 1 is 0.765 bits per heavy atom. The molecule has 0 aromatic rings. The van der Waals surface area contributed by atoms with Gasteiger partial charge in [0.15, 0.2) is 0 Å². The van der Waals surface area contributed by atoms with Gasteiger partial charge in [0.05, 0.1) is 0 Å². The van der Waals surface area contributed by atoms with Crippen LogP contribution in [0.15, 0.2) is 0 Å². The van der Waals surface area contributed by atoms with Crippen molar-refractivity contribution in [1.29, 1.82) is 0 Å². The highest BCUT2D eigenvalue weighted by atomic mass is 16.1. The Labute approximate surface area is 106 Å². The maximum Gasteiger partial charge on any atom is 0.139 e. The molecule has 1 nitrogen and oxygen atoms in total. The lowest BCUT2D eigenvalue weighted by molar-refractivity contribution is -0.136. The van der Waals surface area contributed by atoms with E-state index in [4.69, 9.17) is 0 Å². The molecule has 2 aliphatic carbocycles. The lowest BCUT2D eigenvalue weighted by Gasteiger charge is -2.45. The Morgan fingerprint density at radius 2 is 1.29 bits per heavy atom. The SMILES string of the molecule is CC1(C2(C)CCCCCC2=O)CCCCCC1. The van der Waals surface area contributed by atoms with E-state index in [1.54, 1.807) is 0 Å². The topological polar surface area (TPSA) is 17.1 Å². The summed E-state index contributed by atoms with van der Waals surface area (Å²) in [4.78, 5) is 12.6. The summed E-state index contributed by atoms with van der Waals surface area (Å²) in [5.41, 5.74) is 0.263. The first-order valence-corrected chi connectivity index (χ1v) is 7.62. The molecular formula is C16H28O. The van der Waals surface area contributed by atoms with Crippen molar-refractivity contribution in [2.75, 3.05) is 0 Å². The van der Waals surface area contributed by atoms with Crippen LogP contribution in [-0.2, 0) is 4.79 Å². The molecule has 0 heterocycles. The van der Waals surface area contributed by atoms with E-state index >= 15 is 0 Å². The number of hydrogen-bond acceptors (Lipinski definition) is 1. The molecule has 2 fully saturated rings. The van der Waals surface area contributed by atoms with Crippen molar-refractivity contribution in [1.82, 2.24) is 0 Å². The first kappa shape index (κ1) is 13.1. The van der Waals surface area contributed by atoms with Crippen molar-refractivity contribution >= 4 is 5.78 Å². The number of carbonyl (C=O) groups is 1. The van der Waals surface area contributed by atoms with Gasteiger partial charge in [-0.2, -0.15) is 0 Å². The van der Waals surface area contributed by atoms with Crippen molar-refractivity contribution < 1.29 is 4.79 Å². The van der Waals surface area contributed by atoms with Gasteiger partial charge in [-0.1, -0.05) is 52.4 Å². The van der Waals surface area contributed by atoms with Gasteiger partial charge in [0.25, 0.3) is 0 Å². The van der Waals surface area contributed by atoms with Crippen molar-refractivity contribution in [3.05, 3.63) is 0 Å². The summed E-state index contributed by atoms with van der Waals surface area (Å²) in [6, 6.07) is 0. The van der Waals surface area contributed by atoms with Gasteiger partial charge in [0.2, 0.25) is 0 Å². The summed E-state index contributed by atoms with van der Waals surface area (Å²) in [7, 11) is 0. The molecule has 1 atom stereocenters. The van der Waals surface area contributed by atoms with E-state index in [1.807, 2.05) is 0 Å². The molecule has 0 radical (unpaired) electrons. The van der Waals surface area contributed by atoms with Gasteiger partial charge in [0, 0.05) is 11.8 Å². The first-order valence-electron chi connectivity index (χ1n) is 7.62. The number of Topliss-reactive ketones (excluding diaryl/α,β-unsaturated/α-hetero) is 1. The van der Waals surface area contributed by atoms with Gasteiger partial charge in [-0.15, -0.1) is 0 Å². The lowest BCUT2D eigenvalue weighted by Crippen LogP contribution is -2.43. The number of ketones is 1. The second-order valence-electron chi connectivity index (χ2n) is 6.79. The summed E-state index contributed by atoms with van der Waals surface area (Å²) in [6.07, 6.45) is 13.6. The largest absolute Gasteiger partial charge is 0.299 e. The Morgan fingerprint density at radius 3 is 1.94 bits per heavy atom. The Balaban J connectivity index is 2.23. The third-order valence-electron chi connectivity index (χ3n) is 5.74. The summed E-state index contributed by atoms with van der Waals surface area (Å²) in [6.45, 7) is 4.69. The molecule has 98 valence electrons. The average Bonchev–Trinajstić information content (AvgIpc) is 2.62. The number of carbonyl (C=O) groups excluding carboxylic acids is 1. The quantitative estimate of drug-likeness (QED) is 0.593. The average molecular weight is 236 g/mol. The van der Waals surface area contributed by atoms with Crippen molar-refractivity contribution in [2.24, 2.45) is 10.8 Å². The molecule has 2 saturated carbocycles. The van der Waals surface area contributed by atoms with Crippen LogP contribution in [0.3, 0.4) is 0 Å². The molecule has 0 bridgehead atoms. The van der Waals surface area contributed by atoms with Gasteiger partial charge in [0.1, 0.15) is 5.78 Å². The third kappa shape index (κ3) is 2.44. The van der Waals surface area contributed by atoms with Crippen LogP contribution in [0, 0.1) is 10.8 Å². The maximum atomic E-state index is 12.6. The monoisotopic (exact) mass is 236 g/mol. The molecule has 0 N–H and O–H groups in total. The highest BCUT2D eigenvalue weighted by Crippen LogP contribution is 2.53. The fourth-order valence-electron chi connectivity index (χ4n) is 4.06. The van der Waals surface area contributed by atoms with Crippen molar-refractivity contribution in [3.63, 3.8) is 0 Å². The zero-order valence-corrected chi connectivity index (χ0v) is 11.7. The van der Waals surface area contributed by atoms with E-state index in [2.05, 4.69) is 13.8 Å². The zero-order chi connectivity index (χ0) is 12.4. The van der Waals surface area contributed by atoms with Crippen LogP contribution >= 0.6 is 0 Å². The normalized spacial score (nSPS) is 35.1. The minimum atomic E-state index is -0.0200. The van der Waals surface area contributed by atoms with Crippen LogP contribution in [0.25, 0.3) is 0 Å². The van der Waals surface area contributed by atoms with E-state index < -0.39 is 0 Å². The Hall–Kier alpha value is -0.330. The molecule has 0 aromatic carbocycles. The Kier molecular flexibility index (Phi) is 3.95. The molecule has 0 aromatic heterocycles. The zero-order valence-electron chi connectivity index (χ0n) is 11.7. The van der Waals surface area contributed by atoms with Crippen LogP contribution < -0.4 is 0 Å². The maximum absolute atomic E-state index is 12.6. The number of hydrogen-bond donors (Lipinski definition) is 0. The Bertz CT molecular complexity index is 273.